The van der Waals surface area contributed by atoms with Crippen molar-refractivity contribution in [2.75, 3.05) is 0 Å². The molecule has 1 aromatic rings. The molecule has 0 aromatic carbocycles. The van der Waals surface area contributed by atoms with Crippen molar-refractivity contribution in [2.24, 2.45) is 11.3 Å². The molecule has 0 atom stereocenters. The molecule has 4 heteroatoms. The van der Waals surface area contributed by atoms with Gasteiger partial charge in [-0.3, -0.25) is 5.10 Å². The molecule has 0 amide bonds. The van der Waals surface area contributed by atoms with Gasteiger partial charge in [-0.25, -0.2) is 0 Å². The van der Waals surface area contributed by atoms with Crippen molar-refractivity contribution < 1.29 is 0 Å². The minimum absolute atomic E-state index is 0.445. The Bertz CT molecular complexity index is 444. The van der Waals surface area contributed by atoms with Gasteiger partial charge in [-0.2, -0.15) is 5.10 Å². The normalized spacial score (nSPS) is 25.3. The van der Waals surface area contributed by atoms with Crippen molar-refractivity contribution in [3.05, 3.63) is 10.6 Å². The zero-order chi connectivity index (χ0) is 13.3. The summed E-state index contributed by atoms with van der Waals surface area (Å²) in [6, 6.07) is 0. The molecule has 18 heavy (non-hydrogen) atoms. The number of aromatic amines is 1. The quantitative estimate of drug-likeness (QED) is 0.811. The predicted molar refractivity (Wildman–Crippen MR) is 77.2 cm³/mol. The van der Waals surface area contributed by atoms with Crippen LogP contribution in [0, 0.1) is 16.1 Å². The molecule has 0 bridgehead atoms. The molecule has 0 radical (unpaired) electrons. The van der Waals surface area contributed by atoms with E-state index in [4.69, 9.17) is 12.2 Å². The van der Waals surface area contributed by atoms with Gasteiger partial charge in [0, 0.05) is 12.5 Å². The van der Waals surface area contributed by atoms with E-state index in [0.717, 1.165) is 17.2 Å². The Morgan fingerprint density at radius 3 is 2.39 bits per heavy atom. The largest absolute Gasteiger partial charge is 0.304 e. The smallest absolute Gasteiger partial charge is 0.195 e. The van der Waals surface area contributed by atoms with Crippen LogP contribution in [0.3, 0.4) is 0 Å². The van der Waals surface area contributed by atoms with E-state index in [0.29, 0.717) is 11.3 Å². The molecular formula is C14H25N3S. The first-order valence-electron chi connectivity index (χ1n) is 7.08. The number of nitrogens with zero attached hydrogens (tertiary/aromatic N) is 2. The van der Waals surface area contributed by atoms with Gasteiger partial charge in [0.25, 0.3) is 0 Å². The molecular weight excluding hydrogens is 242 g/mol. The number of hydrogen-bond acceptors (Lipinski definition) is 2. The van der Waals surface area contributed by atoms with Gasteiger partial charge in [0.1, 0.15) is 5.82 Å². The summed E-state index contributed by atoms with van der Waals surface area (Å²) in [5.41, 5.74) is 0.445. The molecule has 0 saturated heterocycles. The van der Waals surface area contributed by atoms with Crippen LogP contribution in [0.2, 0.25) is 0 Å². The van der Waals surface area contributed by atoms with E-state index in [1.54, 1.807) is 0 Å². The van der Waals surface area contributed by atoms with Crippen LogP contribution in [-0.2, 0) is 6.54 Å². The first-order valence-corrected chi connectivity index (χ1v) is 7.49. The van der Waals surface area contributed by atoms with Crippen LogP contribution in [0.4, 0.5) is 0 Å². The van der Waals surface area contributed by atoms with Crippen molar-refractivity contribution in [3.8, 4) is 0 Å². The third-order valence-electron chi connectivity index (χ3n) is 4.42. The standard InChI is InChI=1S/C14H25N3S/c1-5-17-12(15-16-13(17)18)10-6-8-11(9-7-10)14(2,3)4/h10-11H,5-9H2,1-4H3,(H,16,18). The summed E-state index contributed by atoms with van der Waals surface area (Å²) in [7, 11) is 0. The van der Waals surface area contributed by atoms with E-state index in [1.165, 1.54) is 31.5 Å². The zero-order valence-corrected chi connectivity index (χ0v) is 12.8. The van der Waals surface area contributed by atoms with Gasteiger partial charge in [0.15, 0.2) is 4.77 Å². The summed E-state index contributed by atoms with van der Waals surface area (Å²) in [4.78, 5) is 0. The van der Waals surface area contributed by atoms with E-state index in [9.17, 15) is 0 Å². The number of aromatic nitrogens is 3. The Morgan fingerprint density at radius 1 is 1.28 bits per heavy atom. The van der Waals surface area contributed by atoms with E-state index < -0.39 is 0 Å². The maximum Gasteiger partial charge on any atom is 0.195 e. The zero-order valence-electron chi connectivity index (χ0n) is 12.0. The highest BCUT2D eigenvalue weighted by atomic mass is 32.1. The molecule has 1 N–H and O–H groups in total. The van der Waals surface area contributed by atoms with Crippen molar-refractivity contribution in [2.45, 2.75) is 65.8 Å². The maximum absolute atomic E-state index is 5.27. The van der Waals surface area contributed by atoms with Crippen molar-refractivity contribution in [1.29, 1.82) is 0 Å². The maximum atomic E-state index is 5.27. The molecule has 0 spiro atoms. The lowest BCUT2D eigenvalue weighted by Crippen LogP contribution is -2.26. The summed E-state index contributed by atoms with van der Waals surface area (Å²) < 4.78 is 2.92. The van der Waals surface area contributed by atoms with E-state index in [-0.39, 0.29) is 0 Å². The third kappa shape index (κ3) is 2.68. The number of H-pyrrole nitrogens is 1. The highest BCUT2D eigenvalue weighted by Crippen LogP contribution is 2.42. The molecule has 2 rings (SSSR count). The fraction of sp³-hybridized carbons (Fsp3) is 0.857. The Morgan fingerprint density at radius 2 is 1.89 bits per heavy atom. The van der Waals surface area contributed by atoms with Gasteiger partial charge in [0.2, 0.25) is 0 Å². The molecule has 0 unspecified atom stereocenters. The molecule has 1 aliphatic carbocycles. The van der Waals surface area contributed by atoms with Gasteiger partial charge in [0.05, 0.1) is 0 Å². The molecule has 1 aromatic heterocycles. The van der Waals surface area contributed by atoms with Gasteiger partial charge in [-0.05, 0) is 56.2 Å². The Balaban J connectivity index is 2.08. The first-order chi connectivity index (χ1) is 8.43. The minimum Gasteiger partial charge on any atom is -0.304 e. The fourth-order valence-electron chi connectivity index (χ4n) is 3.16. The molecule has 102 valence electrons. The summed E-state index contributed by atoms with van der Waals surface area (Å²) in [5, 5.41) is 7.39. The molecule has 1 aliphatic rings. The molecule has 1 fully saturated rings. The lowest BCUT2D eigenvalue weighted by atomic mass is 9.69. The predicted octanol–water partition coefficient (Wildman–Crippen LogP) is 4.28. The number of hydrogen-bond donors (Lipinski definition) is 1. The van der Waals surface area contributed by atoms with Crippen LogP contribution in [0.5, 0.6) is 0 Å². The average Bonchev–Trinajstić information content (AvgIpc) is 2.69. The lowest BCUT2D eigenvalue weighted by molar-refractivity contribution is 0.166. The van der Waals surface area contributed by atoms with Crippen molar-refractivity contribution >= 4 is 12.2 Å². The van der Waals surface area contributed by atoms with E-state index in [1.807, 2.05) is 0 Å². The Hall–Kier alpha value is -0.640. The van der Waals surface area contributed by atoms with Crippen LogP contribution in [0.25, 0.3) is 0 Å². The summed E-state index contributed by atoms with van der Waals surface area (Å²) in [6.07, 6.45) is 5.14. The Kier molecular flexibility index (Phi) is 3.95. The number of nitrogens with one attached hydrogen (secondary N) is 1. The molecule has 0 aliphatic heterocycles. The average molecular weight is 267 g/mol. The van der Waals surface area contributed by atoms with Crippen molar-refractivity contribution in [3.63, 3.8) is 0 Å². The third-order valence-corrected chi connectivity index (χ3v) is 4.73. The van der Waals surface area contributed by atoms with E-state index in [2.05, 4.69) is 42.5 Å². The van der Waals surface area contributed by atoms with Gasteiger partial charge in [-0.15, -0.1) is 0 Å². The topological polar surface area (TPSA) is 33.6 Å². The molecule has 1 saturated carbocycles. The van der Waals surface area contributed by atoms with Gasteiger partial charge >= 0.3 is 0 Å². The second-order valence-corrected chi connectivity index (χ2v) is 6.93. The van der Waals surface area contributed by atoms with Crippen LogP contribution >= 0.6 is 12.2 Å². The second kappa shape index (κ2) is 5.16. The lowest BCUT2D eigenvalue weighted by Gasteiger charge is -2.36. The highest BCUT2D eigenvalue weighted by Gasteiger charge is 2.31. The summed E-state index contributed by atoms with van der Waals surface area (Å²) >= 11 is 5.27. The van der Waals surface area contributed by atoms with Crippen molar-refractivity contribution in [1.82, 2.24) is 14.8 Å². The van der Waals surface area contributed by atoms with Crippen LogP contribution in [0.1, 0.15) is 65.1 Å². The highest BCUT2D eigenvalue weighted by molar-refractivity contribution is 7.71. The van der Waals surface area contributed by atoms with Crippen LogP contribution in [-0.4, -0.2) is 14.8 Å². The van der Waals surface area contributed by atoms with Crippen LogP contribution in [0.15, 0.2) is 0 Å². The first kappa shape index (κ1) is 13.8. The minimum atomic E-state index is 0.445. The summed E-state index contributed by atoms with van der Waals surface area (Å²) in [5.74, 6) is 2.62. The van der Waals surface area contributed by atoms with Gasteiger partial charge in [-0.1, -0.05) is 20.8 Å². The van der Waals surface area contributed by atoms with Crippen LogP contribution < -0.4 is 0 Å². The summed E-state index contributed by atoms with van der Waals surface area (Å²) in [6.45, 7) is 10.1. The Labute approximate surface area is 115 Å². The van der Waals surface area contributed by atoms with Gasteiger partial charge < -0.3 is 4.57 Å². The molecule has 1 heterocycles. The molecule has 3 nitrogen and oxygen atoms in total. The SMILES string of the molecule is CCn1c(C2CCC(C(C)(C)C)CC2)n[nH]c1=S. The monoisotopic (exact) mass is 267 g/mol. The fourth-order valence-corrected chi connectivity index (χ4v) is 3.43. The van der Waals surface area contributed by atoms with E-state index >= 15 is 0 Å². The second-order valence-electron chi connectivity index (χ2n) is 6.55. The number of rotatable bonds is 2.